The molecule has 2 N–H and O–H groups in total. The van der Waals surface area contributed by atoms with Crippen molar-refractivity contribution in [3.05, 3.63) is 17.7 Å². The van der Waals surface area contributed by atoms with Crippen molar-refractivity contribution in [2.45, 2.75) is 32.7 Å². The Kier molecular flexibility index (Phi) is 9.42. The van der Waals surface area contributed by atoms with E-state index in [9.17, 15) is 14.7 Å². The lowest BCUT2D eigenvalue weighted by Crippen LogP contribution is -2.51. The Morgan fingerprint density at radius 2 is 1.56 bits per heavy atom. The van der Waals surface area contributed by atoms with Crippen LogP contribution in [-0.2, 0) is 4.79 Å². The van der Waals surface area contributed by atoms with E-state index in [2.05, 4.69) is 5.32 Å². The molecule has 0 aliphatic heterocycles. The number of carbonyl (C=O) groups excluding carboxylic acids is 2. The van der Waals surface area contributed by atoms with E-state index >= 15 is 0 Å². The number of methoxy groups -OCH3 is 3. The molecule has 1 aromatic rings. The Morgan fingerprint density at radius 1 is 1.04 bits per heavy atom. The van der Waals surface area contributed by atoms with Gasteiger partial charge in [-0.3, -0.25) is 9.59 Å². The summed E-state index contributed by atoms with van der Waals surface area (Å²) in [6, 6.07) is 1.96. The molecule has 0 aliphatic carbocycles. The molecule has 0 unspecified atom stereocenters. The van der Waals surface area contributed by atoms with Crippen molar-refractivity contribution in [2.75, 3.05) is 41.0 Å². The second-order valence-corrected chi connectivity index (χ2v) is 5.95. The van der Waals surface area contributed by atoms with Gasteiger partial charge in [0.05, 0.1) is 27.9 Å². The SMILES string of the molecule is CCCN(CCC)C(=O)[C@H](CO)NC(=O)c1cc(OC)c(OC)c(OC)c1. The Bertz CT molecular complexity index is 604. The van der Waals surface area contributed by atoms with Crippen molar-refractivity contribution in [2.24, 2.45) is 0 Å². The fourth-order valence-electron chi connectivity index (χ4n) is 2.73. The number of carbonyl (C=O) groups is 2. The van der Waals surface area contributed by atoms with Gasteiger partial charge in [0.25, 0.3) is 5.91 Å². The predicted octanol–water partition coefficient (Wildman–Crippen LogP) is 1.45. The molecule has 1 rings (SSSR count). The molecule has 0 saturated carbocycles. The zero-order valence-corrected chi connectivity index (χ0v) is 16.7. The highest BCUT2D eigenvalue weighted by molar-refractivity contribution is 5.98. The van der Waals surface area contributed by atoms with Gasteiger partial charge in [-0.1, -0.05) is 13.8 Å². The number of hydrogen-bond acceptors (Lipinski definition) is 6. The van der Waals surface area contributed by atoms with Gasteiger partial charge in [0.1, 0.15) is 6.04 Å². The molecule has 0 heterocycles. The first-order chi connectivity index (χ1) is 13.0. The van der Waals surface area contributed by atoms with Crippen LogP contribution in [0.1, 0.15) is 37.0 Å². The summed E-state index contributed by atoms with van der Waals surface area (Å²) >= 11 is 0. The van der Waals surface area contributed by atoms with E-state index in [1.165, 1.54) is 33.5 Å². The van der Waals surface area contributed by atoms with Gasteiger partial charge in [0.15, 0.2) is 11.5 Å². The third kappa shape index (κ3) is 5.75. The first-order valence-corrected chi connectivity index (χ1v) is 8.97. The van der Waals surface area contributed by atoms with Crippen LogP contribution in [0.2, 0.25) is 0 Å². The molecule has 152 valence electrons. The molecule has 0 aromatic heterocycles. The number of aliphatic hydroxyl groups is 1. The highest BCUT2D eigenvalue weighted by Crippen LogP contribution is 2.38. The number of aliphatic hydroxyl groups excluding tert-OH is 1. The Balaban J connectivity index is 3.05. The lowest BCUT2D eigenvalue weighted by atomic mass is 10.1. The maximum absolute atomic E-state index is 12.6. The van der Waals surface area contributed by atoms with Gasteiger partial charge in [0, 0.05) is 18.7 Å². The van der Waals surface area contributed by atoms with E-state index in [4.69, 9.17) is 14.2 Å². The first kappa shape index (κ1) is 22.6. The third-order valence-corrected chi connectivity index (χ3v) is 4.01. The predicted molar refractivity (Wildman–Crippen MR) is 102 cm³/mol. The summed E-state index contributed by atoms with van der Waals surface area (Å²) in [5.74, 6) is 0.194. The maximum atomic E-state index is 12.6. The molecule has 0 spiro atoms. The van der Waals surface area contributed by atoms with Gasteiger partial charge in [-0.25, -0.2) is 0 Å². The lowest BCUT2D eigenvalue weighted by molar-refractivity contribution is -0.134. The number of ether oxygens (including phenoxy) is 3. The molecular weight excluding hydrogens is 352 g/mol. The average molecular weight is 382 g/mol. The molecule has 0 fully saturated rings. The number of hydrogen-bond donors (Lipinski definition) is 2. The Labute approximate surface area is 160 Å². The quantitative estimate of drug-likeness (QED) is 0.601. The van der Waals surface area contributed by atoms with Crippen molar-refractivity contribution in [1.29, 1.82) is 0 Å². The summed E-state index contributed by atoms with van der Waals surface area (Å²) in [5, 5.41) is 12.2. The van der Waals surface area contributed by atoms with Crippen LogP contribution in [0.3, 0.4) is 0 Å². The second-order valence-electron chi connectivity index (χ2n) is 5.95. The molecule has 27 heavy (non-hydrogen) atoms. The van der Waals surface area contributed by atoms with E-state index in [1.54, 1.807) is 4.90 Å². The minimum Gasteiger partial charge on any atom is -0.493 e. The molecule has 8 heteroatoms. The minimum absolute atomic E-state index is 0.230. The summed E-state index contributed by atoms with van der Waals surface area (Å²) in [7, 11) is 4.37. The van der Waals surface area contributed by atoms with Crippen molar-refractivity contribution in [3.63, 3.8) is 0 Å². The monoisotopic (exact) mass is 382 g/mol. The average Bonchev–Trinajstić information content (AvgIpc) is 2.69. The van der Waals surface area contributed by atoms with Crippen LogP contribution < -0.4 is 19.5 Å². The van der Waals surface area contributed by atoms with Gasteiger partial charge >= 0.3 is 0 Å². The van der Waals surface area contributed by atoms with Crippen molar-refractivity contribution in [3.8, 4) is 17.2 Å². The smallest absolute Gasteiger partial charge is 0.252 e. The molecule has 0 radical (unpaired) electrons. The molecule has 1 atom stereocenters. The molecule has 1 aromatic carbocycles. The van der Waals surface area contributed by atoms with Crippen molar-refractivity contribution in [1.82, 2.24) is 10.2 Å². The highest BCUT2D eigenvalue weighted by atomic mass is 16.5. The Morgan fingerprint density at radius 3 is 1.93 bits per heavy atom. The van der Waals surface area contributed by atoms with Crippen LogP contribution in [0.5, 0.6) is 17.2 Å². The third-order valence-electron chi connectivity index (χ3n) is 4.01. The van der Waals surface area contributed by atoms with E-state index < -0.39 is 18.6 Å². The normalized spacial score (nSPS) is 11.5. The van der Waals surface area contributed by atoms with Crippen LogP contribution in [-0.4, -0.2) is 68.9 Å². The largest absolute Gasteiger partial charge is 0.493 e. The summed E-state index contributed by atoms with van der Waals surface area (Å²) in [5.41, 5.74) is 0.230. The van der Waals surface area contributed by atoms with Crippen LogP contribution in [0.4, 0.5) is 0 Å². The number of benzene rings is 1. The standard InChI is InChI=1S/C19H30N2O6/c1-6-8-21(9-7-2)19(24)14(12-22)20-18(23)13-10-15(25-3)17(27-5)16(11-13)26-4/h10-11,14,22H,6-9,12H2,1-5H3,(H,20,23)/t14-/m0/s1. The van der Waals surface area contributed by atoms with E-state index in [1.807, 2.05) is 13.8 Å². The van der Waals surface area contributed by atoms with E-state index in [-0.39, 0.29) is 11.5 Å². The molecule has 8 nitrogen and oxygen atoms in total. The summed E-state index contributed by atoms with van der Waals surface area (Å²) in [6.45, 7) is 4.60. The van der Waals surface area contributed by atoms with Crippen LogP contribution in [0, 0.1) is 0 Å². The zero-order chi connectivity index (χ0) is 20.4. The fraction of sp³-hybridized carbons (Fsp3) is 0.579. The molecular formula is C19H30N2O6. The second kappa shape index (κ2) is 11.3. The number of nitrogens with zero attached hydrogens (tertiary/aromatic N) is 1. The lowest BCUT2D eigenvalue weighted by Gasteiger charge is -2.26. The number of nitrogens with one attached hydrogen (secondary N) is 1. The van der Waals surface area contributed by atoms with Gasteiger partial charge in [-0.2, -0.15) is 0 Å². The summed E-state index contributed by atoms with van der Waals surface area (Å²) < 4.78 is 15.7. The number of rotatable bonds is 11. The summed E-state index contributed by atoms with van der Waals surface area (Å²) in [6.07, 6.45) is 1.59. The van der Waals surface area contributed by atoms with Crippen molar-refractivity contribution >= 4 is 11.8 Å². The maximum Gasteiger partial charge on any atom is 0.252 e. The zero-order valence-electron chi connectivity index (χ0n) is 16.7. The Hall–Kier alpha value is -2.48. The summed E-state index contributed by atoms with van der Waals surface area (Å²) in [4.78, 5) is 26.9. The van der Waals surface area contributed by atoms with Crippen LogP contribution in [0.25, 0.3) is 0 Å². The first-order valence-electron chi connectivity index (χ1n) is 8.97. The molecule has 2 amide bonds. The highest BCUT2D eigenvalue weighted by Gasteiger charge is 2.26. The van der Waals surface area contributed by atoms with Gasteiger partial charge in [-0.05, 0) is 25.0 Å². The molecule has 0 aliphatic rings. The van der Waals surface area contributed by atoms with Crippen LogP contribution >= 0.6 is 0 Å². The van der Waals surface area contributed by atoms with Crippen molar-refractivity contribution < 1.29 is 28.9 Å². The molecule has 0 saturated heterocycles. The fourth-order valence-corrected chi connectivity index (χ4v) is 2.73. The van der Waals surface area contributed by atoms with E-state index in [0.717, 1.165) is 12.8 Å². The number of amides is 2. The van der Waals surface area contributed by atoms with E-state index in [0.29, 0.717) is 30.3 Å². The minimum atomic E-state index is -1.02. The van der Waals surface area contributed by atoms with Gasteiger partial charge in [0.2, 0.25) is 11.7 Å². The van der Waals surface area contributed by atoms with Gasteiger partial charge < -0.3 is 29.5 Å². The topological polar surface area (TPSA) is 97.3 Å². The molecule has 0 bridgehead atoms. The van der Waals surface area contributed by atoms with Crippen LogP contribution in [0.15, 0.2) is 12.1 Å². The van der Waals surface area contributed by atoms with Gasteiger partial charge in [-0.15, -0.1) is 0 Å².